The molecule has 4 nitrogen and oxygen atoms in total. The van der Waals surface area contributed by atoms with E-state index >= 15 is 0 Å². The van der Waals surface area contributed by atoms with Crippen molar-refractivity contribution in [3.8, 4) is 0 Å². The van der Waals surface area contributed by atoms with Gasteiger partial charge < -0.3 is 10.1 Å². The summed E-state index contributed by atoms with van der Waals surface area (Å²) in [6, 6.07) is 2.12. The third-order valence-corrected chi connectivity index (χ3v) is 4.98. The van der Waals surface area contributed by atoms with Crippen LogP contribution >= 0.6 is 0 Å². The van der Waals surface area contributed by atoms with Crippen LogP contribution in [-0.4, -0.2) is 23.6 Å². The highest BCUT2D eigenvalue weighted by Crippen LogP contribution is 2.43. The van der Waals surface area contributed by atoms with Crippen LogP contribution in [0.15, 0.2) is 6.07 Å². The van der Waals surface area contributed by atoms with Crippen LogP contribution in [0.25, 0.3) is 0 Å². The maximum absolute atomic E-state index is 5.95. The summed E-state index contributed by atoms with van der Waals surface area (Å²) in [7, 11) is 1.82. The first-order chi connectivity index (χ1) is 10.2. The van der Waals surface area contributed by atoms with Crippen LogP contribution in [0.3, 0.4) is 0 Å². The fourth-order valence-corrected chi connectivity index (χ4v) is 3.28. The molecule has 0 unspecified atom stereocenters. The van der Waals surface area contributed by atoms with Gasteiger partial charge in [-0.15, -0.1) is 0 Å². The van der Waals surface area contributed by atoms with Crippen LogP contribution in [0.2, 0.25) is 0 Å². The molecule has 0 radical (unpaired) electrons. The van der Waals surface area contributed by atoms with E-state index in [0.717, 1.165) is 36.9 Å². The molecule has 0 bridgehead atoms. The van der Waals surface area contributed by atoms with Crippen LogP contribution in [-0.2, 0) is 10.3 Å². The van der Waals surface area contributed by atoms with Gasteiger partial charge in [0.25, 0.3) is 0 Å². The number of hydrogen-bond acceptors (Lipinski definition) is 4. The van der Waals surface area contributed by atoms with Gasteiger partial charge in [-0.2, -0.15) is 0 Å². The summed E-state index contributed by atoms with van der Waals surface area (Å²) in [4.78, 5) is 9.67. The van der Waals surface area contributed by atoms with Crippen LogP contribution in [0.1, 0.15) is 69.8 Å². The SMILES string of the molecule is CCNc1cc(C2CC2)nc(C2(OC)CCC(C)CC2)n1. The predicted molar refractivity (Wildman–Crippen MR) is 84.5 cm³/mol. The number of methoxy groups -OCH3 is 1. The van der Waals surface area contributed by atoms with Crippen LogP contribution in [0.4, 0.5) is 5.82 Å². The first kappa shape index (κ1) is 14.8. The second kappa shape index (κ2) is 5.91. The molecule has 0 aliphatic heterocycles. The molecule has 21 heavy (non-hydrogen) atoms. The molecule has 3 rings (SSSR count). The van der Waals surface area contributed by atoms with Gasteiger partial charge in [-0.3, -0.25) is 0 Å². The van der Waals surface area contributed by atoms with Crippen LogP contribution in [0.5, 0.6) is 0 Å². The van der Waals surface area contributed by atoms with E-state index in [1.54, 1.807) is 0 Å². The molecule has 2 saturated carbocycles. The van der Waals surface area contributed by atoms with Crippen molar-refractivity contribution < 1.29 is 4.74 Å². The fraction of sp³-hybridized carbons (Fsp3) is 0.765. The third-order valence-electron chi connectivity index (χ3n) is 4.98. The number of ether oxygens (including phenoxy) is 1. The summed E-state index contributed by atoms with van der Waals surface area (Å²) in [5.74, 6) is 3.28. The van der Waals surface area contributed by atoms with Gasteiger partial charge in [-0.1, -0.05) is 6.92 Å². The van der Waals surface area contributed by atoms with E-state index in [-0.39, 0.29) is 5.60 Å². The zero-order valence-electron chi connectivity index (χ0n) is 13.5. The van der Waals surface area contributed by atoms with Crippen molar-refractivity contribution in [2.75, 3.05) is 19.0 Å². The molecule has 2 aliphatic rings. The second-order valence-electron chi connectivity index (χ2n) is 6.69. The summed E-state index contributed by atoms with van der Waals surface area (Å²) >= 11 is 0. The molecule has 1 aromatic heterocycles. The Morgan fingerprint density at radius 2 is 1.95 bits per heavy atom. The molecule has 2 aliphatic carbocycles. The van der Waals surface area contributed by atoms with Crippen molar-refractivity contribution in [3.63, 3.8) is 0 Å². The van der Waals surface area contributed by atoms with Crippen molar-refractivity contribution in [1.29, 1.82) is 0 Å². The first-order valence-corrected chi connectivity index (χ1v) is 8.35. The molecule has 0 amide bonds. The Kier molecular flexibility index (Phi) is 4.16. The summed E-state index contributed by atoms with van der Waals surface area (Å²) in [6.07, 6.45) is 6.98. The maximum Gasteiger partial charge on any atom is 0.162 e. The molecule has 0 atom stereocenters. The Morgan fingerprint density at radius 3 is 2.52 bits per heavy atom. The van der Waals surface area contributed by atoms with Crippen molar-refractivity contribution in [1.82, 2.24) is 9.97 Å². The molecule has 4 heteroatoms. The van der Waals surface area contributed by atoms with Gasteiger partial charge >= 0.3 is 0 Å². The molecule has 0 aromatic carbocycles. The molecule has 0 saturated heterocycles. The van der Waals surface area contributed by atoms with E-state index in [1.165, 1.54) is 31.4 Å². The number of rotatable bonds is 5. The van der Waals surface area contributed by atoms with Gasteiger partial charge in [-0.25, -0.2) is 9.97 Å². The van der Waals surface area contributed by atoms with Crippen molar-refractivity contribution in [2.24, 2.45) is 5.92 Å². The Labute approximate surface area is 127 Å². The van der Waals surface area contributed by atoms with Gasteiger partial charge in [0.2, 0.25) is 0 Å². The lowest BCUT2D eigenvalue weighted by atomic mass is 9.79. The lowest BCUT2D eigenvalue weighted by Gasteiger charge is -2.37. The Balaban J connectivity index is 1.94. The molecule has 1 aromatic rings. The lowest BCUT2D eigenvalue weighted by molar-refractivity contribution is -0.0597. The quantitative estimate of drug-likeness (QED) is 0.894. The summed E-state index contributed by atoms with van der Waals surface area (Å²) in [6.45, 7) is 5.32. The number of nitrogens with zero attached hydrogens (tertiary/aromatic N) is 2. The van der Waals surface area contributed by atoms with Gasteiger partial charge in [0, 0.05) is 31.3 Å². The normalized spacial score (nSPS) is 29.4. The second-order valence-corrected chi connectivity index (χ2v) is 6.69. The monoisotopic (exact) mass is 289 g/mol. The zero-order chi connectivity index (χ0) is 14.9. The van der Waals surface area contributed by atoms with Gasteiger partial charge in [0.15, 0.2) is 5.82 Å². The van der Waals surface area contributed by atoms with Crippen molar-refractivity contribution in [3.05, 3.63) is 17.6 Å². The van der Waals surface area contributed by atoms with Crippen LogP contribution < -0.4 is 5.32 Å². The Morgan fingerprint density at radius 1 is 1.24 bits per heavy atom. The minimum Gasteiger partial charge on any atom is -0.370 e. The van der Waals surface area contributed by atoms with Gasteiger partial charge in [0.1, 0.15) is 11.4 Å². The van der Waals surface area contributed by atoms with Crippen LogP contribution in [0, 0.1) is 5.92 Å². The molecule has 1 heterocycles. The average molecular weight is 289 g/mol. The number of aromatic nitrogens is 2. The zero-order valence-corrected chi connectivity index (χ0v) is 13.5. The van der Waals surface area contributed by atoms with Crippen molar-refractivity contribution >= 4 is 5.82 Å². The van der Waals surface area contributed by atoms with Gasteiger partial charge in [0.05, 0.1) is 0 Å². The number of anilines is 1. The molecule has 116 valence electrons. The summed E-state index contributed by atoms with van der Waals surface area (Å²) in [5, 5.41) is 3.35. The molecular formula is C17H27N3O. The highest BCUT2D eigenvalue weighted by molar-refractivity contribution is 5.39. The highest BCUT2D eigenvalue weighted by Gasteiger charge is 2.40. The Hall–Kier alpha value is -1.16. The minimum atomic E-state index is -0.276. The van der Waals surface area contributed by atoms with E-state index in [1.807, 2.05) is 7.11 Å². The van der Waals surface area contributed by atoms with Gasteiger partial charge in [-0.05, 0) is 51.4 Å². The largest absolute Gasteiger partial charge is 0.370 e. The number of hydrogen-bond donors (Lipinski definition) is 1. The minimum absolute atomic E-state index is 0.276. The lowest BCUT2D eigenvalue weighted by Crippen LogP contribution is -2.35. The predicted octanol–water partition coefficient (Wildman–Crippen LogP) is 3.84. The molecule has 0 spiro atoms. The molecule has 2 fully saturated rings. The van der Waals surface area contributed by atoms with E-state index in [9.17, 15) is 0 Å². The standard InChI is InChI=1S/C17H27N3O/c1-4-18-15-11-14(13-5-6-13)19-16(20-15)17(21-3)9-7-12(2)8-10-17/h11-13H,4-10H2,1-3H3,(H,18,19,20). The van der Waals surface area contributed by atoms with E-state index in [2.05, 4.69) is 25.2 Å². The average Bonchev–Trinajstić information content (AvgIpc) is 3.33. The molecular weight excluding hydrogens is 262 g/mol. The van der Waals surface area contributed by atoms with E-state index in [4.69, 9.17) is 14.7 Å². The topological polar surface area (TPSA) is 47.0 Å². The Bertz CT molecular complexity index is 491. The smallest absolute Gasteiger partial charge is 0.162 e. The molecule has 1 N–H and O–H groups in total. The maximum atomic E-state index is 5.95. The third kappa shape index (κ3) is 3.05. The van der Waals surface area contributed by atoms with E-state index in [0.29, 0.717) is 5.92 Å². The first-order valence-electron chi connectivity index (χ1n) is 8.35. The highest BCUT2D eigenvalue weighted by atomic mass is 16.5. The van der Waals surface area contributed by atoms with Crippen molar-refractivity contribution in [2.45, 2.75) is 63.9 Å². The number of nitrogens with one attached hydrogen (secondary N) is 1. The summed E-state index contributed by atoms with van der Waals surface area (Å²) in [5.41, 5.74) is 0.924. The summed E-state index contributed by atoms with van der Waals surface area (Å²) < 4.78 is 5.95. The fourth-order valence-electron chi connectivity index (χ4n) is 3.28. The van der Waals surface area contributed by atoms with E-state index < -0.39 is 0 Å².